The SMILES string of the molecule is CC(C)N(C)S(=O)(=O)c1ccc(Cl)c(C(=O)N2CCN(C)c3ccccc3C2)c1. The van der Waals surface area contributed by atoms with Crippen molar-refractivity contribution in [1.29, 1.82) is 0 Å². The van der Waals surface area contributed by atoms with Crippen molar-refractivity contribution in [3.63, 3.8) is 0 Å². The molecule has 8 heteroatoms. The van der Waals surface area contributed by atoms with Gasteiger partial charge in [0.05, 0.1) is 15.5 Å². The highest BCUT2D eigenvalue weighted by Gasteiger charge is 2.28. The summed E-state index contributed by atoms with van der Waals surface area (Å²) in [6.45, 7) is 5.23. The van der Waals surface area contributed by atoms with E-state index < -0.39 is 10.0 Å². The van der Waals surface area contributed by atoms with E-state index >= 15 is 0 Å². The topological polar surface area (TPSA) is 60.9 Å². The summed E-state index contributed by atoms with van der Waals surface area (Å²) < 4.78 is 27.0. The first-order valence-corrected chi connectivity index (χ1v) is 11.3. The van der Waals surface area contributed by atoms with Gasteiger partial charge in [-0.2, -0.15) is 4.31 Å². The highest BCUT2D eigenvalue weighted by atomic mass is 35.5. The molecule has 0 saturated heterocycles. The molecule has 0 radical (unpaired) electrons. The van der Waals surface area contributed by atoms with Gasteiger partial charge in [0, 0.05) is 45.5 Å². The van der Waals surface area contributed by atoms with Crippen LogP contribution in [0.25, 0.3) is 0 Å². The second-order valence-electron chi connectivity index (χ2n) is 7.53. The standard InChI is InChI=1S/C21H26ClN3O3S/c1-15(2)24(4)29(27,28)17-9-10-19(22)18(13-17)21(26)25-12-11-23(3)20-8-6-5-7-16(20)14-25/h5-10,13,15H,11-12,14H2,1-4H3. The molecule has 0 aliphatic carbocycles. The van der Waals surface area contributed by atoms with Gasteiger partial charge in [-0.25, -0.2) is 8.42 Å². The van der Waals surface area contributed by atoms with Gasteiger partial charge < -0.3 is 9.80 Å². The van der Waals surface area contributed by atoms with Gasteiger partial charge in [-0.05, 0) is 43.7 Å². The van der Waals surface area contributed by atoms with E-state index in [2.05, 4.69) is 4.90 Å². The number of hydrogen-bond acceptors (Lipinski definition) is 4. The fourth-order valence-corrected chi connectivity index (χ4v) is 4.90. The molecule has 1 heterocycles. The lowest BCUT2D eigenvalue weighted by molar-refractivity contribution is 0.0751. The van der Waals surface area contributed by atoms with Crippen molar-refractivity contribution in [3.8, 4) is 0 Å². The predicted octanol–water partition coefficient (Wildman–Crippen LogP) is 3.46. The van der Waals surface area contributed by atoms with E-state index in [0.717, 1.165) is 11.3 Å². The molecule has 3 rings (SSSR count). The minimum atomic E-state index is -3.71. The van der Waals surface area contributed by atoms with Crippen molar-refractivity contribution in [2.75, 3.05) is 32.1 Å². The minimum absolute atomic E-state index is 0.0637. The van der Waals surface area contributed by atoms with Crippen molar-refractivity contribution < 1.29 is 13.2 Å². The first-order valence-electron chi connectivity index (χ1n) is 9.49. The average molecular weight is 436 g/mol. The van der Waals surface area contributed by atoms with Crippen molar-refractivity contribution >= 4 is 33.2 Å². The van der Waals surface area contributed by atoms with Gasteiger partial charge in [-0.15, -0.1) is 0 Å². The number of carbonyl (C=O) groups excluding carboxylic acids is 1. The molecule has 1 aliphatic rings. The number of rotatable bonds is 4. The summed E-state index contributed by atoms with van der Waals surface area (Å²) in [5.41, 5.74) is 2.33. The van der Waals surface area contributed by atoms with Crippen LogP contribution in [-0.4, -0.2) is 56.8 Å². The first-order chi connectivity index (χ1) is 13.6. The molecule has 0 atom stereocenters. The summed E-state index contributed by atoms with van der Waals surface area (Å²) in [5.74, 6) is -0.274. The molecule has 2 aromatic carbocycles. The van der Waals surface area contributed by atoms with Crippen molar-refractivity contribution in [2.24, 2.45) is 0 Å². The summed E-state index contributed by atoms with van der Waals surface area (Å²) >= 11 is 6.31. The third-order valence-electron chi connectivity index (χ3n) is 5.33. The quantitative estimate of drug-likeness (QED) is 0.737. The molecule has 6 nitrogen and oxygen atoms in total. The maximum atomic E-state index is 13.3. The number of benzene rings is 2. The molecule has 0 bridgehead atoms. The highest BCUT2D eigenvalue weighted by Crippen LogP contribution is 2.28. The van der Waals surface area contributed by atoms with Crippen LogP contribution >= 0.6 is 11.6 Å². The van der Waals surface area contributed by atoms with E-state index in [1.165, 1.54) is 29.6 Å². The number of amides is 1. The summed E-state index contributed by atoms with van der Waals surface area (Å²) in [7, 11) is -0.190. The lowest BCUT2D eigenvalue weighted by Crippen LogP contribution is -2.35. The van der Waals surface area contributed by atoms with Gasteiger partial charge in [0.25, 0.3) is 5.91 Å². The number of anilines is 1. The van der Waals surface area contributed by atoms with Crippen LogP contribution in [0.5, 0.6) is 0 Å². The molecule has 0 saturated carbocycles. The lowest BCUT2D eigenvalue weighted by Gasteiger charge is -2.23. The van der Waals surface area contributed by atoms with E-state index in [0.29, 0.717) is 19.6 Å². The molecule has 2 aromatic rings. The zero-order valence-electron chi connectivity index (χ0n) is 17.1. The zero-order valence-corrected chi connectivity index (χ0v) is 18.7. The third-order valence-corrected chi connectivity index (χ3v) is 7.69. The molecule has 1 aliphatic heterocycles. The fourth-order valence-electron chi connectivity index (χ4n) is 3.31. The Kier molecular flexibility index (Phi) is 6.22. The Morgan fingerprint density at radius 3 is 2.52 bits per heavy atom. The number of hydrogen-bond donors (Lipinski definition) is 0. The van der Waals surface area contributed by atoms with Gasteiger partial charge in [0.1, 0.15) is 0 Å². The average Bonchev–Trinajstić information content (AvgIpc) is 2.86. The van der Waals surface area contributed by atoms with Crippen LogP contribution in [0.2, 0.25) is 5.02 Å². The highest BCUT2D eigenvalue weighted by molar-refractivity contribution is 7.89. The van der Waals surface area contributed by atoms with E-state index in [-0.39, 0.29) is 27.4 Å². The van der Waals surface area contributed by atoms with Gasteiger partial charge in [-0.3, -0.25) is 4.79 Å². The molecule has 1 amide bonds. The first kappa shape index (κ1) is 21.6. The molecule has 0 unspecified atom stereocenters. The maximum Gasteiger partial charge on any atom is 0.255 e. The Hall–Kier alpha value is -2.09. The smallest absolute Gasteiger partial charge is 0.255 e. The van der Waals surface area contributed by atoms with E-state index in [1.54, 1.807) is 18.7 Å². The molecular formula is C21H26ClN3O3S. The van der Waals surface area contributed by atoms with Gasteiger partial charge in [0.2, 0.25) is 10.0 Å². The number of sulfonamides is 1. The van der Waals surface area contributed by atoms with Crippen LogP contribution in [0.3, 0.4) is 0 Å². The van der Waals surface area contributed by atoms with E-state index in [4.69, 9.17) is 11.6 Å². The summed E-state index contributed by atoms with van der Waals surface area (Å²) in [5, 5.41) is 0.243. The molecule has 156 valence electrons. The van der Waals surface area contributed by atoms with Gasteiger partial charge in [-0.1, -0.05) is 29.8 Å². The normalized spacial score (nSPS) is 14.9. The van der Waals surface area contributed by atoms with Crippen molar-refractivity contribution in [3.05, 3.63) is 58.6 Å². The maximum absolute atomic E-state index is 13.3. The predicted molar refractivity (Wildman–Crippen MR) is 116 cm³/mol. The van der Waals surface area contributed by atoms with Crippen LogP contribution in [0.1, 0.15) is 29.8 Å². The fraction of sp³-hybridized carbons (Fsp3) is 0.381. The van der Waals surface area contributed by atoms with Crippen LogP contribution in [0.4, 0.5) is 5.69 Å². The Bertz CT molecular complexity index is 1020. The van der Waals surface area contributed by atoms with E-state index in [1.807, 2.05) is 31.3 Å². The largest absolute Gasteiger partial charge is 0.373 e. The number of likely N-dealkylation sites (N-methyl/N-ethyl adjacent to an activating group) is 1. The summed E-state index contributed by atoms with van der Waals surface area (Å²) in [4.78, 5) is 17.2. The third kappa shape index (κ3) is 4.27. The molecule has 29 heavy (non-hydrogen) atoms. The van der Waals surface area contributed by atoms with Crippen LogP contribution < -0.4 is 4.90 Å². The number of carbonyl (C=O) groups is 1. The molecule has 0 fully saturated rings. The lowest BCUT2D eigenvalue weighted by atomic mass is 10.1. The Labute approximate surface area is 177 Å². The van der Waals surface area contributed by atoms with Crippen LogP contribution in [0.15, 0.2) is 47.4 Å². The second kappa shape index (κ2) is 8.34. The van der Waals surface area contributed by atoms with E-state index in [9.17, 15) is 13.2 Å². The minimum Gasteiger partial charge on any atom is -0.373 e. The van der Waals surface area contributed by atoms with Crippen LogP contribution in [0, 0.1) is 0 Å². The van der Waals surface area contributed by atoms with Crippen molar-refractivity contribution in [2.45, 2.75) is 31.3 Å². The monoisotopic (exact) mass is 435 g/mol. The van der Waals surface area contributed by atoms with Crippen molar-refractivity contribution in [1.82, 2.24) is 9.21 Å². The molecular weight excluding hydrogens is 410 g/mol. The summed E-state index contributed by atoms with van der Waals surface area (Å²) in [6.07, 6.45) is 0. The summed E-state index contributed by atoms with van der Waals surface area (Å²) in [6, 6.07) is 12.1. The number of fused-ring (bicyclic) bond motifs is 1. The zero-order chi connectivity index (χ0) is 21.3. The van der Waals surface area contributed by atoms with Crippen LogP contribution in [-0.2, 0) is 16.6 Å². The van der Waals surface area contributed by atoms with Gasteiger partial charge in [0.15, 0.2) is 0 Å². The van der Waals surface area contributed by atoms with Gasteiger partial charge >= 0.3 is 0 Å². The molecule has 0 N–H and O–H groups in total. The molecule has 0 aromatic heterocycles. The molecule has 0 spiro atoms. The second-order valence-corrected chi connectivity index (χ2v) is 9.94. The number of nitrogens with zero attached hydrogens (tertiary/aromatic N) is 3. The Morgan fingerprint density at radius 1 is 1.14 bits per heavy atom. The number of para-hydroxylation sites is 1. The Morgan fingerprint density at radius 2 is 1.83 bits per heavy atom. The Balaban J connectivity index is 1.96. The number of halogens is 1.